The molecule has 0 radical (unpaired) electrons. The fourth-order valence-electron chi connectivity index (χ4n) is 10.5. The van der Waals surface area contributed by atoms with Gasteiger partial charge in [-0.05, 0) is 83.5 Å². The number of hydrogen-bond acceptors (Lipinski definition) is 5. The van der Waals surface area contributed by atoms with Crippen molar-refractivity contribution in [3.05, 3.63) is 36.5 Å². The maximum absolute atomic E-state index is 12.5. The summed E-state index contributed by atoms with van der Waals surface area (Å²) in [4.78, 5) is 24.5. The molecule has 0 aromatic heterocycles. The molecule has 0 rings (SSSR count). The number of rotatable bonds is 63. The molecule has 442 valence electrons. The molecule has 0 saturated carbocycles. The summed E-state index contributed by atoms with van der Waals surface area (Å²) >= 11 is 0. The molecule has 3 N–H and O–H groups in total. The molecule has 0 aliphatic rings. The van der Waals surface area contributed by atoms with E-state index in [0.717, 1.165) is 51.4 Å². The van der Waals surface area contributed by atoms with E-state index in [1.54, 1.807) is 0 Å². The zero-order valence-corrected chi connectivity index (χ0v) is 50.5. The average molecular weight is 1050 g/mol. The average Bonchev–Trinajstić information content (AvgIpc) is 3.41. The normalized spacial score (nSPS) is 12.7. The van der Waals surface area contributed by atoms with Gasteiger partial charge >= 0.3 is 5.97 Å². The standard InChI is InChI=1S/C69H131NO5/c1-3-5-7-9-11-13-15-38-41-45-49-53-57-61-67(72)66(65-71)70-68(73)62-58-54-50-46-42-39-36-34-32-30-28-26-24-22-20-18-17-19-21-23-25-27-29-31-33-35-37-40-44-48-52-56-60-64-75-69(74)63-59-55-51-47-43-16-14-12-10-8-6-4-2/h12,14,21,23,27,29,66-67,71-72H,3-11,13,15-20,22,24-26,28,30-65H2,1-2H3,(H,70,73)/b14-12-,23-21-,29-27-. The van der Waals surface area contributed by atoms with E-state index in [1.807, 2.05) is 0 Å². The summed E-state index contributed by atoms with van der Waals surface area (Å²) in [7, 11) is 0. The lowest BCUT2D eigenvalue weighted by Crippen LogP contribution is -2.45. The van der Waals surface area contributed by atoms with E-state index in [4.69, 9.17) is 4.74 Å². The van der Waals surface area contributed by atoms with Crippen LogP contribution < -0.4 is 5.32 Å². The first-order chi connectivity index (χ1) is 37.0. The minimum Gasteiger partial charge on any atom is -0.466 e. The number of allylic oxidation sites excluding steroid dienone is 6. The second-order valence-corrected chi connectivity index (χ2v) is 23.1. The van der Waals surface area contributed by atoms with Crippen LogP contribution in [-0.2, 0) is 14.3 Å². The molecule has 6 heteroatoms. The minimum atomic E-state index is -0.662. The molecule has 0 aliphatic carbocycles. The van der Waals surface area contributed by atoms with E-state index >= 15 is 0 Å². The molecule has 0 aromatic carbocycles. The van der Waals surface area contributed by atoms with Gasteiger partial charge in [0.05, 0.1) is 25.4 Å². The molecule has 0 heterocycles. The fourth-order valence-corrected chi connectivity index (χ4v) is 10.5. The highest BCUT2D eigenvalue weighted by Gasteiger charge is 2.20. The van der Waals surface area contributed by atoms with Crippen LogP contribution >= 0.6 is 0 Å². The third-order valence-corrected chi connectivity index (χ3v) is 15.7. The van der Waals surface area contributed by atoms with Crippen molar-refractivity contribution in [3.63, 3.8) is 0 Å². The molecular weight excluding hydrogens is 923 g/mol. The predicted octanol–water partition coefficient (Wildman–Crippen LogP) is 21.5. The van der Waals surface area contributed by atoms with Crippen LogP contribution in [0.4, 0.5) is 0 Å². The lowest BCUT2D eigenvalue weighted by atomic mass is 10.0. The van der Waals surface area contributed by atoms with Crippen molar-refractivity contribution in [2.45, 2.75) is 379 Å². The summed E-state index contributed by atoms with van der Waals surface area (Å²) in [5, 5.41) is 23.3. The van der Waals surface area contributed by atoms with Crippen LogP contribution in [0, 0.1) is 0 Å². The van der Waals surface area contributed by atoms with Crippen LogP contribution in [0.2, 0.25) is 0 Å². The largest absolute Gasteiger partial charge is 0.466 e. The third kappa shape index (κ3) is 61.2. The predicted molar refractivity (Wildman–Crippen MR) is 329 cm³/mol. The van der Waals surface area contributed by atoms with Crippen molar-refractivity contribution in [2.75, 3.05) is 13.2 Å². The van der Waals surface area contributed by atoms with Crippen LogP contribution in [0.3, 0.4) is 0 Å². The topological polar surface area (TPSA) is 95.9 Å². The van der Waals surface area contributed by atoms with Crippen molar-refractivity contribution < 1.29 is 24.5 Å². The fraction of sp³-hybridized carbons (Fsp3) is 0.884. The maximum atomic E-state index is 12.5. The van der Waals surface area contributed by atoms with E-state index < -0.39 is 12.1 Å². The van der Waals surface area contributed by atoms with Gasteiger partial charge in [0.15, 0.2) is 0 Å². The second kappa shape index (κ2) is 64.6. The Kier molecular flexibility index (Phi) is 63.0. The summed E-state index contributed by atoms with van der Waals surface area (Å²) in [5.74, 6) is -0.0276. The molecule has 2 unspecified atom stereocenters. The zero-order valence-electron chi connectivity index (χ0n) is 50.5. The number of carbonyl (C=O) groups excluding carboxylic acids is 2. The molecule has 1 amide bonds. The molecule has 0 aliphatic heterocycles. The summed E-state index contributed by atoms with van der Waals surface area (Å²) in [6, 6.07) is -0.539. The molecule has 0 fully saturated rings. The summed E-state index contributed by atoms with van der Waals surface area (Å²) in [6.45, 7) is 4.94. The van der Waals surface area contributed by atoms with Gasteiger partial charge in [-0.25, -0.2) is 0 Å². The van der Waals surface area contributed by atoms with E-state index in [2.05, 4.69) is 55.6 Å². The molecule has 0 saturated heterocycles. The molecular formula is C69H131NO5. The van der Waals surface area contributed by atoms with Gasteiger partial charge in [-0.2, -0.15) is 0 Å². The molecule has 0 bridgehead atoms. The molecule has 0 spiro atoms. The van der Waals surface area contributed by atoms with Crippen LogP contribution in [-0.4, -0.2) is 47.4 Å². The quantitative estimate of drug-likeness (QED) is 0.0320. The van der Waals surface area contributed by atoms with Gasteiger partial charge in [0.25, 0.3) is 0 Å². The van der Waals surface area contributed by atoms with Crippen LogP contribution in [0.15, 0.2) is 36.5 Å². The van der Waals surface area contributed by atoms with Crippen molar-refractivity contribution in [1.29, 1.82) is 0 Å². The van der Waals surface area contributed by atoms with E-state index in [9.17, 15) is 19.8 Å². The lowest BCUT2D eigenvalue weighted by Gasteiger charge is -2.22. The number of nitrogens with one attached hydrogen (secondary N) is 1. The highest BCUT2D eigenvalue weighted by molar-refractivity contribution is 5.76. The van der Waals surface area contributed by atoms with E-state index in [1.165, 1.54) is 283 Å². The van der Waals surface area contributed by atoms with Crippen LogP contribution in [0.5, 0.6) is 0 Å². The Balaban J connectivity index is 3.37. The summed E-state index contributed by atoms with van der Waals surface area (Å²) in [6.07, 6.45) is 81.9. The monoisotopic (exact) mass is 1050 g/mol. The Hall–Kier alpha value is -1.92. The van der Waals surface area contributed by atoms with Gasteiger partial charge in [-0.15, -0.1) is 0 Å². The van der Waals surface area contributed by atoms with Crippen LogP contribution in [0.1, 0.15) is 367 Å². The van der Waals surface area contributed by atoms with E-state index in [-0.39, 0.29) is 18.5 Å². The third-order valence-electron chi connectivity index (χ3n) is 15.7. The van der Waals surface area contributed by atoms with Crippen molar-refractivity contribution in [1.82, 2.24) is 5.32 Å². The number of amides is 1. The smallest absolute Gasteiger partial charge is 0.305 e. The van der Waals surface area contributed by atoms with Crippen molar-refractivity contribution in [2.24, 2.45) is 0 Å². The number of unbranched alkanes of at least 4 members (excludes halogenated alkanes) is 46. The Bertz CT molecular complexity index is 1210. The van der Waals surface area contributed by atoms with Gasteiger partial charge in [0.2, 0.25) is 5.91 Å². The Labute approximate surface area is 468 Å². The summed E-state index contributed by atoms with van der Waals surface area (Å²) in [5.41, 5.74) is 0. The number of hydrogen-bond donors (Lipinski definition) is 3. The molecule has 0 aromatic rings. The van der Waals surface area contributed by atoms with Gasteiger partial charge in [-0.3, -0.25) is 9.59 Å². The number of ether oxygens (including phenoxy) is 1. The van der Waals surface area contributed by atoms with Gasteiger partial charge in [-0.1, -0.05) is 307 Å². The van der Waals surface area contributed by atoms with Gasteiger partial charge in [0, 0.05) is 12.8 Å². The summed E-state index contributed by atoms with van der Waals surface area (Å²) < 4.78 is 5.47. The Morgan fingerprint density at radius 1 is 0.373 bits per heavy atom. The lowest BCUT2D eigenvalue weighted by molar-refractivity contribution is -0.143. The minimum absolute atomic E-state index is 0.00412. The highest BCUT2D eigenvalue weighted by Crippen LogP contribution is 2.18. The Morgan fingerprint density at radius 3 is 1.05 bits per heavy atom. The number of carbonyl (C=O) groups is 2. The number of aliphatic hydroxyl groups excluding tert-OH is 2. The van der Waals surface area contributed by atoms with Gasteiger partial charge < -0.3 is 20.3 Å². The van der Waals surface area contributed by atoms with Crippen molar-refractivity contribution in [3.8, 4) is 0 Å². The molecule has 6 nitrogen and oxygen atoms in total. The first-order valence-electron chi connectivity index (χ1n) is 33.7. The first kappa shape index (κ1) is 73.1. The highest BCUT2D eigenvalue weighted by atomic mass is 16.5. The number of aliphatic hydroxyl groups is 2. The van der Waals surface area contributed by atoms with Gasteiger partial charge in [0.1, 0.15) is 0 Å². The maximum Gasteiger partial charge on any atom is 0.305 e. The number of esters is 1. The molecule has 2 atom stereocenters. The first-order valence-corrected chi connectivity index (χ1v) is 33.7. The SMILES string of the molecule is CCCCC/C=C\CCCCCCCC(=O)OCCCCCCCCCCC/C=C\C/C=C\CCCCCCCCCCCCCCCCCCCC(=O)NC(CO)C(O)CCCCCCCCCCCCCCC. The zero-order chi connectivity index (χ0) is 54.3. The second-order valence-electron chi connectivity index (χ2n) is 23.1. The molecule has 75 heavy (non-hydrogen) atoms. The van der Waals surface area contributed by atoms with Crippen molar-refractivity contribution >= 4 is 11.9 Å². The van der Waals surface area contributed by atoms with E-state index in [0.29, 0.717) is 25.9 Å². The Morgan fingerprint density at radius 2 is 0.667 bits per heavy atom. The van der Waals surface area contributed by atoms with Crippen LogP contribution in [0.25, 0.3) is 0 Å².